The van der Waals surface area contributed by atoms with E-state index in [4.69, 9.17) is 16.3 Å². The van der Waals surface area contributed by atoms with Crippen LogP contribution in [0.15, 0.2) is 48.8 Å². The van der Waals surface area contributed by atoms with Crippen molar-refractivity contribution in [2.75, 3.05) is 25.5 Å². The number of amides is 2. The van der Waals surface area contributed by atoms with Gasteiger partial charge in [-0.1, -0.05) is 36.6 Å². The zero-order chi connectivity index (χ0) is 35.4. The lowest BCUT2D eigenvalue weighted by Gasteiger charge is -2.40. The SMILES string of the molecule is COC(=O)Cc1ccc2c(c1)N[C@@H](C(=O)N1CC(F)(F)C1)CCCC[C@H](NC(=O)/C=C/c1cc(Cl)ccc1-n1cnnn1)c1nc(C#N)c-2[nH]1. The molecule has 2 aliphatic heterocycles. The lowest BCUT2D eigenvalue weighted by molar-refractivity contribution is -0.166. The summed E-state index contributed by atoms with van der Waals surface area (Å²) in [6.07, 6.45) is 5.95. The molecule has 17 heteroatoms. The van der Waals surface area contributed by atoms with Gasteiger partial charge in [0.1, 0.15) is 24.3 Å². The number of hydrogen-bond acceptors (Lipinski definition) is 10. The normalized spacial score (nSPS) is 18.4. The second kappa shape index (κ2) is 14.4. The molecule has 0 aliphatic carbocycles. The molecule has 2 amide bonds. The number of imidazole rings is 1. The molecule has 50 heavy (non-hydrogen) atoms. The summed E-state index contributed by atoms with van der Waals surface area (Å²) in [5.41, 5.74) is 2.95. The summed E-state index contributed by atoms with van der Waals surface area (Å²) in [7, 11) is 1.27. The number of ether oxygens (including phenoxy) is 1. The maximum Gasteiger partial charge on any atom is 0.309 e. The molecule has 4 aromatic rings. The number of methoxy groups -OCH3 is 1. The van der Waals surface area contributed by atoms with Crippen molar-refractivity contribution in [1.29, 1.82) is 5.26 Å². The second-order valence-corrected chi connectivity index (χ2v) is 12.4. The molecule has 2 atom stereocenters. The van der Waals surface area contributed by atoms with Gasteiger partial charge in [0.2, 0.25) is 11.8 Å². The molecule has 0 unspecified atom stereocenters. The van der Waals surface area contributed by atoms with E-state index in [1.807, 2.05) is 0 Å². The maximum absolute atomic E-state index is 13.7. The summed E-state index contributed by atoms with van der Waals surface area (Å²) in [6.45, 7) is -1.34. The minimum absolute atomic E-state index is 0.0353. The topological polar surface area (TPSA) is 184 Å². The fraction of sp³-hybridized carbons (Fsp3) is 0.333. The fourth-order valence-electron chi connectivity index (χ4n) is 5.94. The molecule has 2 bridgehead atoms. The first-order chi connectivity index (χ1) is 24.0. The molecule has 0 spiro atoms. The number of benzene rings is 2. The monoisotopic (exact) mass is 704 g/mol. The average Bonchev–Trinajstić information content (AvgIpc) is 3.77. The first kappa shape index (κ1) is 34.2. The summed E-state index contributed by atoms with van der Waals surface area (Å²) in [4.78, 5) is 47.7. The molecule has 2 aromatic carbocycles. The largest absolute Gasteiger partial charge is 0.469 e. The van der Waals surface area contributed by atoms with E-state index < -0.39 is 48.9 Å². The van der Waals surface area contributed by atoms with E-state index in [9.17, 15) is 28.4 Å². The van der Waals surface area contributed by atoms with Crippen LogP contribution in [0.1, 0.15) is 54.4 Å². The molecule has 2 aliphatic rings. The smallest absolute Gasteiger partial charge is 0.309 e. The van der Waals surface area contributed by atoms with Gasteiger partial charge in [0.25, 0.3) is 5.92 Å². The number of H-pyrrole nitrogens is 1. The highest BCUT2D eigenvalue weighted by Gasteiger charge is 2.47. The van der Waals surface area contributed by atoms with Crippen molar-refractivity contribution in [1.82, 2.24) is 40.4 Å². The first-order valence-corrected chi connectivity index (χ1v) is 16.1. The Morgan fingerprint density at radius 3 is 2.70 bits per heavy atom. The first-order valence-electron chi connectivity index (χ1n) is 15.7. The Morgan fingerprint density at radius 2 is 1.98 bits per heavy atom. The highest BCUT2D eigenvalue weighted by atomic mass is 35.5. The van der Waals surface area contributed by atoms with Gasteiger partial charge in [-0.15, -0.1) is 5.10 Å². The number of anilines is 1. The molecule has 3 N–H and O–H groups in total. The van der Waals surface area contributed by atoms with Gasteiger partial charge in [-0.05, 0) is 59.2 Å². The zero-order valence-corrected chi connectivity index (χ0v) is 27.5. The highest BCUT2D eigenvalue weighted by molar-refractivity contribution is 6.30. The number of tetrazole rings is 1. The number of hydrogen-bond donors (Lipinski definition) is 3. The molecule has 2 aromatic heterocycles. The summed E-state index contributed by atoms with van der Waals surface area (Å²) in [6, 6.07) is 10.6. The predicted molar refractivity (Wildman–Crippen MR) is 176 cm³/mol. The number of carbonyl (C=O) groups excluding carboxylic acids is 3. The lowest BCUT2D eigenvalue weighted by atomic mass is 9.98. The van der Waals surface area contributed by atoms with Gasteiger partial charge >= 0.3 is 5.97 Å². The van der Waals surface area contributed by atoms with Gasteiger partial charge in [0.15, 0.2) is 5.69 Å². The number of nitriles is 1. The fourth-order valence-corrected chi connectivity index (χ4v) is 6.12. The van der Waals surface area contributed by atoms with Gasteiger partial charge in [0.05, 0.1) is 44.0 Å². The Bertz CT molecular complexity index is 1980. The number of nitrogens with one attached hydrogen (secondary N) is 3. The van der Waals surface area contributed by atoms with Crippen molar-refractivity contribution in [3.8, 4) is 23.0 Å². The molecular formula is C33H31ClF2N10O4. The lowest BCUT2D eigenvalue weighted by Crippen LogP contribution is -2.61. The van der Waals surface area contributed by atoms with Gasteiger partial charge in [-0.2, -0.15) is 9.94 Å². The Morgan fingerprint density at radius 1 is 1.18 bits per heavy atom. The summed E-state index contributed by atoms with van der Waals surface area (Å²) < 4.78 is 33.7. The summed E-state index contributed by atoms with van der Waals surface area (Å²) >= 11 is 6.22. The van der Waals surface area contributed by atoms with Crippen LogP contribution in [0.2, 0.25) is 5.02 Å². The minimum Gasteiger partial charge on any atom is -0.469 e. The average molecular weight is 705 g/mol. The van der Waals surface area contributed by atoms with Gasteiger partial charge in [-0.25, -0.2) is 13.8 Å². The molecular weight excluding hydrogens is 674 g/mol. The van der Waals surface area contributed by atoms with Gasteiger partial charge in [0, 0.05) is 27.9 Å². The number of alkyl halides is 2. The summed E-state index contributed by atoms with van der Waals surface area (Å²) in [5.74, 6) is -4.02. The van der Waals surface area contributed by atoms with Gasteiger partial charge < -0.3 is 25.3 Å². The van der Waals surface area contributed by atoms with Crippen molar-refractivity contribution in [2.45, 2.75) is 50.1 Å². The minimum atomic E-state index is -2.94. The van der Waals surface area contributed by atoms with E-state index in [0.717, 1.165) is 4.90 Å². The van der Waals surface area contributed by atoms with E-state index in [2.05, 4.69) is 42.2 Å². The number of likely N-dealkylation sites (tertiary alicyclic amines) is 1. The molecule has 258 valence electrons. The third-order valence-electron chi connectivity index (χ3n) is 8.42. The Labute approximate surface area is 289 Å². The number of aromatic amines is 1. The number of nitrogens with zero attached hydrogens (tertiary/aromatic N) is 7. The predicted octanol–water partition coefficient (Wildman–Crippen LogP) is 4.00. The van der Waals surface area contributed by atoms with Crippen molar-refractivity contribution < 1.29 is 27.9 Å². The number of aromatic nitrogens is 6. The molecule has 4 heterocycles. The molecule has 6 rings (SSSR count). The second-order valence-electron chi connectivity index (χ2n) is 12.0. The quantitative estimate of drug-likeness (QED) is 0.188. The Balaban J connectivity index is 1.32. The zero-order valence-electron chi connectivity index (χ0n) is 26.7. The van der Waals surface area contributed by atoms with Crippen LogP contribution in [0.3, 0.4) is 0 Å². The maximum atomic E-state index is 13.7. The molecule has 0 saturated carbocycles. The standard InChI is InChI=1S/C33H31ClF2N10O4/c1-50-29(48)13-19-6-9-22-25(12-19)39-24(32(49)45-16-33(35,36)17-45)5-3-2-4-23(31-41-26(15-37)30(22)42-31)40-28(47)11-7-20-14-21(34)8-10-27(20)46-18-38-43-44-46/h6-12,14,18,23-24,39H,2-5,13,16-17H2,1H3,(H,40,47)(H,41,42)/b11-7+/t23-,24+/m0/s1. The number of esters is 1. The Kier molecular flexibility index (Phi) is 9.86. The van der Waals surface area contributed by atoms with Crippen molar-refractivity contribution in [3.63, 3.8) is 0 Å². The van der Waals surface area contributed by atoms with Crippen LogP contribution in [-0.2, 0) is 25.5 Å². The third-order valence-corrected chi connectivity index (χ3v) is 8.66. The van der Waals surface area contributed by atoms with E-state index in [0.29, 0.717) is 70.3 Å². The van der Waals surface area contributed by atoms with E-state index in [-0.39, 0.29) is 12.1 Å². The number of halogens is 3. The Hall–Kier alpha value is -5.69. The van der Waals surface area contributed by atoms with Crippen LogP contribution >= 0.6 is 11.6 Å². The molecule has 0 radical (unpaired) electrons. The van der Waals surface area contributed by atoms with Crippen LogP contribution in [-0.4, -0.2) is 85.0 Å². The highest BCUT2D eigenvalue weighted by Crippen LogP contribution is 2.35. The van der Waals surface area contributed by atoms with E-state index in [1.165, 1.54) is 24.2 Å². The summed E-state index contributed by atoms with van der Waals surface area (Å²) in [5, 5.41) is 27.9. The number of fused-ring (bicyclic) bond motifs is 4. The van der Waals surface area contributed by atoms with Crippen molar-refractivity contribution >= 4 is 41.1 Å². The van der Waals surface area contributed by atoms with Crippen LogP contribution in [0.5, 0.6) is 0 Å². The third kappa shape index (κ3) is 7.62. The molecule has 14 nitrogen and oxygen atoms in total. The molecule has 1 saturated heterocycles. The van der Waals surface area contributed by atoms with Crippen LogP contribution in [0.25, 0.3) is 23.0 Å². The molecule has 1 fully saturated rings. The number of rotatable bonds is 7. The van der Waals surface area contributed by atoms with Crippen molar-refractivity contribution in [3.05, 3.63) is 76.5 Å². The van der Waals surface area contributed by atoms with Crippen LogP contribution in [0, 0.1) is 11.3 Å². The van der Waals surface area contributed by atoms with Crippen molar-refractivity contribution in [2.24, 2.45) is 0 Å². The number of carbonyl (C=O) groups is 3. The van der Waals surface area contributed by atoms with Gasteiger partial charge in [-0.3, -0.25) is 14.4 Å². The van der Waals surface area contributed by atoms with E-state index >= 15 is 0 Å². The van der Waals surface area contributed by atoms with E-state index in [1.54, 1.807) is 42.5 Å². The van der Waals surface area contributed by atoms with Crippen LogP contribution < -0.4 is 10.6 Å². The van der Waals surface area contributed by atoms with Crippen LogP contribution in [0.4, 0.5) is 14.5 Å².